The van der Waals surface area contributed by atoms with Gasteiger partial charge in [-0.3, -0.25) is 0 Å². The Kier molecular flexibility index (Phi) is 4.05. The van der Waals surface area contributed by atoms with Gasteiger partial charge in [0, 0.05) is 4.83 Å². The lowest BCUT2D eigenvalue weighted by Crippen LogP contribution is -2.07. The lowest BCUT2D eigenvalue weighted by atomic mass is 9.91. The quantitative estimate of drug-likeness (QED) is 0.544. The molecular weight excluding hydrogens is 288 g/mol. The first kappa shape index (κ1) is 12.7. The third-order valence-corrected chi connectivity index (χ3v) is 5.65. The Morgan fingerprint density at radius 1 is 1.00 bits per heavy atom. The van der Waals surface area contributed by atoms with Crippen molar-refractivity contribution in [2.24, 2.45) is 5.92 Å². The molecule has 18 heavy (non-hydrogen) atoms. The zero-order valence-corrected chi connectivity index (χ0v) is 12.4. The van der Waals surface area contributed by atoms with Crippen LogP contribution in [-0.2, 0) is 18.0 Å². The highest BCUT2D eigenvalue weighted by Crippen LogP contribution is 2.40. The first-order valence-corrected chi connectivity index (χ1v) is 8.09. The molecule has 1 saturated carbocycles. The number of benzene rings is 1. The fourth-order valence-corrected chi connectivity index (χ4v) is 4.05. The van der Waals surface area contributed by atoms with Crippen LogP contribution in [0, 0.1) is 5.92 Å². The van der Waals surface area contributed by atoms with E-state index in [-0.39, 0.29) is 0 Å². The molecule has 1 nitrogen and oxygen atoms in total. The van der Waals surface area contributed by atoms with Crippen LogP contribution in [-0.4, -0.2) is 0 Å². The maximum absolute atomic E-state index is 5.50. The molecule has 1 atom stereocenters. The van der Waals surface area contributed by atoms with Gasteiger partial charge in [0.1, 0.15) is 0 Å². The van der Waals surface area contributed by atoms with E-state index in [1.165, 1.54) is 55.2 Å². The van der Waals surface area contributed by atoms with Crippen molar-refractivity contribution >= 4 is 15.9 Å². The predicted molar refractivity (Wildman–Crippen MR) is 77.8 cm³/mol. The van der Waals surface area contributed by atoms with Crippen molar-refractivity contribution < 1.29 is 4.74 Å². The molecule has 0 amide bonds. The van der Waals surface area contributed by atoms with Crippen LogP contribution in [0.15, 0.2) is 18.2 Å². The molecule has 1 aromatic rings. The molecule has 3 rings (SSSR count). The van der Waals surface area contributed by atoms with E-state index in [1.807, 2.05) is 0 Å². The number of halogens is 1. The lowest BCUT2D eigenvalue weighted by molar-refractivity contribution is 0.134. The van der Waals surface area contributed by atoms with Crippen molar-refractivity contribution in [1.82, 2.24) is 0 Å². The van der Waals surface area contributed by atoms with Gasteiger partial charge in [-0.1, -0.05) is 59.8 Å². The number of fused-ring (bicyclic) bond motifs is 1. The Bertz CT molecular complexity index is 408. The largest absolute Gasteiger partial charge is 0.372 e. The van der Waals surface area contributed by atoms with Gasteiger partial charge in [0.2, 0.25) is 0 Å². The van der Waals surface area contributed by atoms with E-state index in [9.17, 15) is 0 Å². The molecule has 1 aliphatic carbocycles. The van der Waals surface area contributed by atoms with Crippen LogP contribution < -0.4 is 0 Å². The van der Waals surface area contributed by atoms with Crippen LogP contribution >= 0.6 is 15.9 Å². The van der Waals surface area contributed by atoms with Gasteiger partial charge in [0.05, 0.1) is 13.2 Å². The van der Waals surface area contributed by atoms with Gasteiger partial charge in [-0.05, 0) is 35.4 Å². The summed E-state index contributed by atoms with van der Waals surface area (Å²) >= 11 is 3.95. The minimum atomic E-state index is 0.529. The summed E-state index contributed by atoms with van der Waals surface area (Å²) in [6, 6.07) is 6.90. The molecule has 2 aliphatic rings. The zero-order chi connectivity index (χ0) is 12.4. The summed E-state index contributed by atoms with van der Waals surface area (Å²) in [5.41, 5.74) is 4.22. The molecule has 1 unspecified atom stereocenters. The first-order chi connectivity index (χ1) is 8.84. The number of hydrogen-bond acceptors (Lipinski definition) is 1. The molecule has 0 N–H and O–H groups in total. The topological polar surface area (TPSA) is 9.23 Å². The van der Waals surface area contributed by atoms with Gasteiger partial charge in [-0.15, -0.1) is 0 Å². The van der Waals surface area contributed by atoms with Crippen LogP contribution in [0.1, 0.15) is 60.0 Å². The highest BCUT2D eigenvalue weighted by molar-refractivity contribution is 9.09. The lowest BCUT2D eigenvalue weighted by Gasteiger charge is -2.21. The van der Waals surface area contributed by atoms with Crippen LogP contribution in [0.3, 0.4) is 0 Å². The van der Waals surface area contributed by atoms with Crippen LogP contribution in [0.4, 0.5) is 0 Å². The summed E-state index contributed by atoms with van der Waals surface area (Å²) in [6.45, 7) is 1.60. The fourth-order valence-electron chi connectivity index (χ4n) is 3.24. The average molecular weight is 309 g/mol. The number of rotatable bonds is 2. The van der Waals surface area contributed by atoms with Gasteiger partial charge >= 0.3 is 0 Å². The second kappa shape index (κ2) is 5.75. The van der Waals surface area contributed by atoms with Gasteiger partial charge in [-0.2, -0.15) is 0 Å². The smallest absolute Gasteiger partial charge is 0.0725 e. The maximum Gasteiger partial charge on any atom is 0.0725 e. The van der Waals surface area contributed by atoms with E-state index in [2.05, 4.69) is 34.1 Å². The minimum absolute atomic E-state index is 0.529. The summed E-state index contributed by atoms with van der Waals surface area (Å²) in [6.07, 6.45) is 8.41. The molecule has 1 heterocycles. The number of hydrogen-bond donors (Lipinski definition) is 0. The molecule has 0 bridgehead atoms. The van der Waals surface area contributed by atoms with Crippen LogP contribution in [0.5, 0.6) is 0 Å². The van der Waals surface area contributed by atoms with E-state index < -0.39 is 0 Å². The van der Waals surface area contributed by atoms with Gasteiger partial charge in [0.15, 0.2) is 0 Å². The molecule has 1 aromatic carbocycles. The Morgan fingerprint density at radius 2 is 1.72 bits per heavy atom. The first-order valence-electron chi connectivity index (χ1n) is 7.18. The standard InChI is InChI=1S/C16H21BrO/c17-16(12-5-3-1-2-4-6-12)13-7-8-14-10-18-11-15(14)9-13/h7-9,12,16H,1-6,10-11H2. The number of ether oxygens (including phenoxy) is 1. The summed E-state index contributed by atoms with van der Waals surface area (Å²) < 4.78 is 5.50. The highest BCUT2D eigenvalue weighted by atomic mass is 79.9. The monoisotopic (exact) mass is 308 g/mol. The van der Waals surface area contributed by atoms with E-state index >= 15 is 0 Å². The highest BCUT2D eigenvalue weighted by Gasteiger charge is 2.23. The summed E-state index contributed by atoms with van der Waals surface area (Å²) in [5, 5.41) is 0. The van der Waals surface area contributed by atoms with Crippen molar-refractivity contribution in [1.29, 1.82) is 0 Å². The van der Waals surface area contributed by atoms with Crippen molar-refractivity contribution in [2.75, 3.05) is 0 Å². The van der Waals surface area contributed by atoms with E-state index in [0.29, 0.717) is 4.83 Å². The molecule has 0 radical (unpaired) electrons. The molecule has 0 saturated heterocycles. The molecule has 0 aromatic heterocycles. The maximum atomic E-state index is 5.50. The van der Waals surface area contributed by atoms with Crippen molar-refractivity contribution in [3.63, 3.8) is 0 Å². The number of alkyl halides is 1. The van der Waals surface area contributed by atoms with Crippen LogP contribution in [0.25, 0.3) is 0 Å². The summed E-state index contributed by atoms with van der Waals surface area (Å²) in [5.74, 6) is 0.813. The normalized spacial score (nSPS) is 22.5. The Labute approximate surface area is 118 Å². The van der Waals surface area contributed by atoms with Gasteiger partial charge in [0.25, 0.3) is 0 Å². The second-order valence-electron chi connectivity index (χ2n) is 5.67. The Morgan fingerprint density at radius 3 is 2.50 bits per heavy atom. The molecule has 1 aliphatic heterocycles. The average Bonchev–Trinajstić information content (AvgIpc) is 2.69. The SMILES string of the molecule is BrC(c1ccc2c(c1)COC2)C1CCCCCC1. The fraction of sp³-hybridized carbons (Fsp3) is 0.625. The molecular formula is C16H21BrO. The van der Waals surface area contributed by atoms with E-state index in [4.69, 9.17) is 4.74 Å². The van der Waals surface area contributed by atoms with Gasteiger partial charge < -0.3 is 4.74 Å². The third-order valence-electron chi connectivity index (χ3n) is 4.38. The summed E-state index contributed by atoms with van der Waals surface area (Å²) in [4.78, 5) is 0.529. The Balaban J connectivity index is 1.76. The van der Waals surface area contributed by atoms with Crippen LogP contribution in [0.2, 0.25) is 0 Å². The second-order valence-corrected chi connectivity index (χ2v) is 6.66. The van der Waals surface area contributed by atoms with Crippen molar-refractivity contribution in [3.05, 3.63) is 34.9 Å². The molecule has 2 heteroatoms. The van der Waals surface area contributed by atoms with Gasteiger partial charge in [-0.25, -0.2) is 0 Å². The predicted octanol–water partition coefficient (Wildman–Crippen LogP) is 5.12. The summed E-state index contributed by atoms with van der Waals surface area (Å²) in [7, 11) is 0. The third kappa shape index (κ3) is 2.65. The minimum Gasteiger partial charge on any atom is -0.372 e. The van der Waals surface area contributed by atoms with E-state index in [0.717, 1.165) is 19.1 Å². The zero-order valence-electron chi connectivity index (χ0n) is 10.8. The molecule has 0 spiro atoms. The molecule has 1 fully saturated rings. The molecule has 98 valence electrons. The Hall–Kier alpha value is -0.340. The van der Waals surface area contributed by atoms with Crippen molar-refractivity contribution in [3.8, 4) is 0 Å². The van der Waals surface area contributed by atoms with Crippen molar-refractivity contribution in [2.45, 2.75) is 56.6 Å². The van der Waals surface area contributed by atoms with E-state index in [1.54, 1.807) is 0 Å².